The molecule has 2 aromatic rings. The second kappa shape index (κ2) is 4.48. The molecule has 0 spiro atoms. The van der Waals surface area contributed by atoms with Crippen LogP contribution in [0.2, 0.25) is 0 Å². The van der Waals surface area contributed by atoms with Gasteiger partial charge in [-0.25, -0.2) is 4.39 Å². The number of carbonyl (C=O) groups is 2. The van der Waals surface area contributed by atoms with E-state index in [-0.39, 0.29) is 29.7 Å². The fourth-order valence-electron chi connectivity index (χ4n) is 2.15. The van der Waals surface area contributed by atoms with Crippen molar-refractivity contribution in [3.63, 3.8) is 0 Å². The van der Waals surface area contributed by atoms with Gasteiger partial charge in [-0.15, -0.1) is 5.10 Å². The Bertz CT molecular complexity index is 786. The van der Waals surface area contributed by atoms with E-state index in [1.165, 1.54) is 6.07 Å². The zero-order valence-corrected chi connectivity index (χ0v) is 10.2. The minimum atomic E-state index is -0.873. The number of hydrogen-bond donors (Lipinski definition) is 1. The highest BCUT2D eigenvalue weighted by Crippen LogP contribution is 2.16. The van der Waals surface area contributed by atoms with Gasteiger partial charge in [0.05, 0.1) is 5.39 Å². The van der Waals surface area contributed by atoms with Crippen molar-refractivity contribution in [2.45, 2.75) is 18.9 Å². The van der Waals surface area contributed by atoms with E-state index in [4.69, 9.17) is 0 Å². The first-order chi connectivity index (χ1) is 9.56. The van der Waals surface area contributed by atoms with Gasteiger partial charge >= 0.3 is 0 Å². The molecule has 0 aliphatic carbocycles. The van der Waals surface area contributed by atoms with E-state index in [9.17, 15) is 18.8 Å². The standard InChI is InChI=1S/C12H9FN4O3/c13-6-1-2-7-8(5-6)15-16-17(12(7)20)9-3-4-10(18)14-11(9)19/h1-2,5,9H,3-4H2,(H,14,18,19). The van der Waals surface area contributed by atoms with E-state index in [0.29, 0.717) is 0 Å². The Morgan fingerprint density at radius 2 is 2.10 bits per heavy atom. The van der Waals surface area contributed by atoms with Crippen LogP contribution in [0.1, 0.15) is 18.9 Å². The van der Waals surface area contributed by atoms with E-state index in [2.05, 4.69) is 15.6 Å². The summed E-state index contributed by atoms with van der Waals surface area (Å²) < 4.78 is 14.0. The smallest absolute Gasteiger partial charge is 0.278 e. The first-order valence-corrected chi connectivity index (χ1v) is 5.95. The van der Waals surface area contributed by atoms with E-state index >= 15 is 0 Å². The lowest BCUT2D eigenvalue weighted by Gasteiger charge is -2.21. The Kier molecular flexibility index (Phi) is 2.78. The molecule has 0 radical (unpaired) electrons. The minimum Gasteiger partial charge on any atom is -0.295 e. The van der Waals surface area contributed by atoms with Crippen molar-refractivity contribution in [2.75, 3.05) is 0 Å². The molecule has 3 rings (SSSR count). The monoisotopic (exact) mass is 276 g/mol. The predicted octanol–water partition coefficient (Wildman–Crippen LogP) is -0.0917. The summed E-state index contributed by atoms with van der Waals surface area (Å²) in [6.07, 6.45) is 0.317. The maximum Gasteiger partial charge on any atom is 0.278 e. The number of fused-ring (bicyclic) bond motifs is 1. The number of nitrogens with zero attached hydrogens (tertiary/aromatic N) is 3. The molecule has 1 atom stereocenters. The van der Waals surface area contributed by atoms with Gasteiger partial charge in [-0.05, 0) is 18.6 Å². The number of rotatable bonds is 1. The quantitative estimate of drug-likeness (QED) is 0.734. The highest BCUT2D eigenvalue weighted by atomic mass is 19.1. The molecule has 1 fully saturated rings. The molecule has 1 N–H and O–H groups in total. The molecule has 102 valence electrons. The molecule has 8 heteroatoms. The first-order valence-electron chi connectivity index (χ1n) is 5.95. The van der Waals surface area contributed by atoms with Gasteiger partial charge in [-0.2, -0.15) is 4.68 Å². The predicted molar refractivity (Wildman–Crippen MR) is 65.2 cm³/mol. The van der Waals surface area contributed by atoms with Gasteiger partial charge in [-0.3, -0.25) is 19.7 Å². The molecule has 1 aromatic carbocycles. The highest BCUT2D eigenvalue weighted by Gasteiger charge is 2.30. The lowest BCUT2D eigenvalue weighted by molar-refractivity contribution is -0.136. The number of aromatic nitrogens is 3. The van der Waals surface area contributed by atoms with Gasteiger partial charge in [0.15, 0.2) is 0 Å². The number of hydrogen-bond acceptors (Lipinski definition) is 5. The number of piperidine rings is 1. The van der Waals surface area contributed by atoms with E-state index in [0.717, 1.165) is 16.8 Å². The van der Waals surface area contributed by atoms with Crippen LogP contribution >= 0.6 is 0 Å². The van der Waals surface area contributed by atoms with E-state index in [1.54, 1.807) is 0 Å². The summed E-state index contributed by atoms with van der Waals surface area (Å²) in [5, 5.41) is 9.72. The van der Waals surface area contributed by atoms with Crippen LogP contribution in [0.4, 0.5) is 4.39 Å². The molecule has 2 amide bonds. The van der Waals surface area contributed by atoms with Crippen molar-refractivity contribution >= 4 is 22.7 Å². The SMILES string of the molecule is O=C1CCC(n2nnc3cc(F)ccc3c2=O)C(=O)N1. The summed E-state index contributed by atoms with van der Waals surface area (Å²) in [6, 6.07) is 2.66. The van der Waals surface area contributed by atoms with Crippen molar-refractivity contribution in [1.82, 2.24) is 20.3 Å². The van der Waals surface area contributed by atoms with Crippen molar-refractivity contribution < 1.29 is 14.0 Å². The maximum atomic E-state index is 13.1. The number of benzene rings is 1. The Morgan fingerprint density at radius 1 is 1.30 bits per heavy atom. The Hall–Kier alpha value is -2.64. The van der Waals surface area contributed by atoms with Gasteiger partial charge in [0.1, 0.15) is 17.4 Å². The van der Waals surface area contributed by atoms with Crippen molar-refractivity contribution in [2.24, 2.45) is 0 Å². The lowest BCUT2D eigenvalue weighted by Crippen LogP contribution is -2.45. The van der Waals surface area contributed by atoms with Crippen LogP contribution in [0.15, 0.2) is 23.0 Å². The zero-order valence-electron chi connectivity index (χ0n) is 10.2. The average Bonchev–Trinajstić information content (AvgIpc) is 2.40. The van der Waals surface area contributed by atoms with Crippen LogP contribution in [0.5, 0.6) is 0 Å². The first kappa shape index (κ1) is 12.4. The van der Waals surface area contributed by atoms with Crippen LogP contribution in [-0.4, -0.2) is 26.8 Å². The van der Waals surface area contributed by atoms with Crippen LogP contribution in [0.3, 0.4) is 0 Å². The van der Waals surface area contributed by atoms with Gasteiger partial charge in [0.25, 0.3) is 11.5 Å². The van der Waals surface area contributed by atoms with Crippen molar-refractivity contribution in [1.29, 1.82) is 0 Å². The molecule has 7 nitrogen and oxygen atoms in total. The molecule has 1 aliphatic rings. The van der Waals surface area contributed by atoms with Gasteiger partial charge < -0.3 is 0 Å². The van der Waals surface area contributed by atoms with Gasteiger partial charge in [-0.1, -0.05) is 5.21 Å². The number of imide groups is 1. The molecule has 0 saturated carbocycles. The van der Waals surface area contributed by atoms with Crippen LogP contribution in [0.25, 0.3) is 10.9 Å². The van der Waals surface area contributed by atoms with E-state index < -0.39 is 23.3 Å². The van der Waals surface area contributed by atoms with Crippen LogP contribution in [-0.2, 0) is 9.59 Å². The van der Waals surface area contributed by atoms with Gasteiger partial charge in [0.2, 0.25) is 5.91 Å². The van der Waals surface area contributed by atoms with Crippen molar-refractivity contribution in [3.05, 3.63) is 34.4 Å². The van der Waals surface area contributed by atoms with Crippen molar-refractivity contribution in [3.8, 4) is 0 Å². The Morgan fingerprint density at radius 3 is 2.85 bits per heavy atom. The zero-order chi connectivity index (χ0) is 14.3. The second-order valence-corrected chi connectivity index (χ2v) is 4.47. The third kappa shape index (κ3) is 1.94. The molecule has 1 unspecified atom stereocenters. The molecule has 2 heterocycles. The summed E-state index contributed by atoms with van der Waals surface area (Å²) in [6.45, 7) is 0. The molecule has 1 aliphatic heterocycles. The average molecular weight is 276 g/mol. The molecular weight excluding hydrogens is 267 g/mol. The molecule has 0 bridgehead atoms. The fraction of sp³-hybridized carbons (Fsp3) is 0.250. The summed E-state index contributed by atoms with van der Waals surface area (Å²) in [5.74, 6) is -1.49. The summed E-state index contributed by atoms with van der Waals surface area (Å²) >= 11 is 0. The Balaban J connectivity index is 2.11. The summed E-state index contributed by atoms with van der Waals surface area (Å²) in [7, 11) is 0. The number of carbonyl (C=O) groups excluding carboxylic acids is 2. The third-order valence-corrected chi connectivity index (χ3v) is 3.15. The topological polar surface area (TPSA) is 93.9 Å². The third-order valence-electron chi connectivity index (χ3n) is 3.15. The second-order valence-electron chi connectivity index (χ2n) is 4.47. The number of amides is 2. The number of halogens is 1. The summed E-state index contributed by atoms with van der Waals surface area (Å²) in [4.78, 5) is 35.1. The van der Waals surface area contributed by atoms with Crippen LogP contribution < -0.4 is 10.9 Å². The summed E-state index contributed by atoms with van der Waals surface area (Å²) in [5.41, 5.74) is -0.414. The molecule has 20 heavy (non-hydrogen) atoms. The van der Waals surface area contributed by atoms with Gasteiger partial charge in [0, 0.05) is 12.5 Å². The largest absolute Gasteiger partial charge is 0.295 e. The highest BCUT2D eigenvalue weighted by molar-refractivity contribution is 5.99. The normalized spacial score (nSPS) is 19.1. The Labute approximate surface area is 111 Å². The molecular formula is C12H9FN4O3. The fourth-order valence-corrected chi connectivity index (χ4v) is 2.15. The van der Waals surface area contributed by atoms with E-state index in [1.807, 2.05) is 0 Å². The molecule has 1 aromatic heterocycles. The molecule has 1 saturated heterocycles. The lowest BCUT2D eigenvalue weighted by atomic mass is 10.1. The number of nitrogens with one attached hydrogen (secondary N) is 1. The maximum absolute atomic E-state index is 13.1. The minimum absolute atomic E-state index is 0.124. The van der Waals surface area contributed by atoms with Crippen LogP contribution in [0, 0.1) is 5.82 Å².